The minimum absolute atomic E-state index is 0.626. The van der Waals surface area contributed by atoms with Crippen LogP contribution >= 0.6 is 7.14 Å². The molecule has 0 radical (unpaired) electrons. The summed E-state index contributed by atoms with van der Waals surface area (Å²) in [5.41, 5.74) is 11.0. The standard InChI is InChI=1S/C61H40N3O2P/c65-67(48-20-9-3-10-21-48,49-22-11-4-12-23-49)50-38-36-43(37-39-50)51-26-15-27-56-57(51)55-40-54(52-24-13-14-25-53(52)58(55)66-56)44-32-28-41(29-33-44)42-30-34-47(35-31-42)61-63-59(45-16-5-1-6-17-45)62-60(64-61)46-18-7-2-8-19-46/h1-40H. The van der Waals surface area contributed by atoms with Crippen molar-refractivity contribution in [1.82, 2.24) is 15.0 Å². The molecule has 0 spiro atoms. The lowest BCUT2D eigenvalue weighted by molar-refractivity contribution is 0.592. The highest BCUT2D eigenvalue weighted by Gasteiger charge is 2.29. The summed E-state index contributed by atoms with van der Waals surface area (Å²) in [6.07, 6.45) is 0. The first-order chi connectivity index (χ1) is 33.1. The normalized spacial score (nSPS) is 11.6. The van der Waals surface area contributed by atoms with Crippen LogP contribution in [0.25, 0.3) is 100 Å². The fourth-order valence-electron chi connectivity index (χ4n) is 9.29. The molecule has 5 nitrogen and oxygen atoms in total. The van der Waals surface area contributed by atoms with Gasteiger partial charge in [-0.05, 0) is 50.9 Å². The van der Waals surface area contributed by atoms with E-state index in [1.165, 1.54) is 0 Å². The van der Waals surface area contributed by atoms with Crippen molar-refractivity contribution in [3.8, 4) is 67.5 Å². The molecule has 0 amide bonds. The Bertz CT molecular complexity index is 3680. The second-order valence-electron chi connectivity index (χ2n) is 16.6. The number of fused-ring (bicyclic) bond motifs is 5. The first kappa shape index (κ1) is 40.0. The number of hydrogen-bond donors (Lipinski definition) is 0. The molecule has 0 bridgehead atoms. The predicted molar refractivity (Wildman–Crippen MR) is 277 cm³/mol. The fourth-order valence-corrected chi connectivity index (χ4v) is 11.9. The summed E-state index contributed by atoms with van der Waals surface area (Å²) in [5.74, 6) is 1.90. The van der Waals surface area contributed by atoms with Gasteiger partial charge in [0.1, 0.15) is 11.2 Å². The van der Waals surface area contributed by atoms with E-state index in [0.29, 0.717) is 17.5 Å². The molecule has 0 fully saturated rings. The maximum Gasteiger partial charge on any atom is 0.171 e. The summed E-state index contributed by atoms with van der Waals surface area (Å²) in [6, 6.07) is 82.2. The first-order valence-electron chi connectivity index (χ1n) is 22.4. The fraction of sp³-hybridized carbons (Fsp3) is 0. The minimum atomic E-state index is -3.12. The number of aromatic nitrogens is 3. The van der Waals surface area contributed by atoms with Crippen molar-refractivity contribution in [3.05, 3.63) is 243 Å². The van der Waals surface area contributed by atoms with Gasteiger partial charge in [-0.25, -0.2) is 15.0 Å². The van der Waals surface area contributed by atoms with E-state index >= 15 is 4.57 Å². The second kappa shape index (κ2) is 16.8. The highest BCUT2D eigenvalue weighted by Crippen LogP contribution is 2.45. The molecule has 2 heterocycles. The highest BCUT2D eigenvalue weighted by molar-refractivity contribution is 7.85. The zero-order chi connectivity index (χ0) is 44.7. The summed E-state index contributed by atoms with van der Waals surface area (Å²) in [6.45, 7) is 0. The minimum Gasteiger partial charge on any atom is -0.455 e. The maximum atomic E-state index is 15.2. The van der Waals surface area contributed by atoms with Crippen LogP contribution in [0.5, 0.6) is 0 Å². The van der Waals surface area contributed by atoms with E-state index in [2.05, 4.69) is 103 Å². The predicted octanol–water partition coefficient (Wildman–Crippen LogP) is 14.6. The van der Waals surface area contributed by atoms with E-state index < -0.39 is 7.14 Å². The van der Waals surface area contributed by atoms with Gasteiger partial charge in [-0.15, -0.1) is 0 Å². The van der Waals surface area contributed by atoms with Crippen LogP contribution in [0.3, 0.4) is 0 Å². The largest absolute Gasteiger partial charge is 0.455 e. The van der Waals surface area contributed by atoms with E-state index in [1.54, 1.807) is 0 Å². The van der Waals surface area contributed by atoms with Crippen molar-refractivity contribution in [2.24, 2.45) is 0 Å². The smallest absolute Gasteiger partial charge is 0.171 e. The molecule has 0 unspecified atom stereocenters. The van der Waals surface area contributed by atoms with Gasteiger partial charge in [0.25, 0.3) is 0 Å². The van der Waals surface area contributed by atoms with Gasteiger partial charge in [0.2, 0.25) is 0 Å². The van der Waals surface area contributed by atoms with E-state index in [0.717, 1.165) is 98.7 Å². The number of rotatable bonds is 9. The van der Waals surface area contributed by atoms with Crippen LogP contribution in [0.2, 0.25) is 0 Å². The van der Waals surface area contributed by atoms with Crippen LogP contribution in [0.4, 0.5) is 0 Å². The summed E-state index contributed by atoms with van der Waals surface area (Å²) >= 11 is 0. The van der Waals surface area contributed by atoms with E-state index in [9.17, 15) is 0 Å². The molecule has 0 saturated heterocycles. The van der Waals surface area contributed by atoms with Crippen LogP contribution in [0.1, 0.15) is 0 Å². The molecule has 0 N–H and O–H groups in total. The van der Waals surface area contributed by atoms with Crippen molar-refractivity contribution < 1.29 is 8.98 Å². The lowest BCUT2D eigenvalue weighted by Crippen LogP contribution is -2.24. The maximum absolute atomic E-state index is 15.2. The Morgan fingerprint density at radius 1 is 0.313 bits per heavy atom. The monoisotopic (exact) mass is 877 g/mol. The Kier molecular flexibility index (Phi) is 10.0. The quantitative estimate of drug-likeness (QED) is 0.135. The van der Waals surface area contributed by atoms with Crippen LogP contribution in [0, 0.1) is 0 Å². The van der Waals surface area contributed by atoms with Gasteiger partial charge in [-0.3, -0.25) is 0 Å². The highest BCUT2D eigenvalue weighted by atomic mass is 31.2. The number of hydrogen-bond acceptors (Lipinski definition) is 5. The SMILES string of the molecule is O=P(c1ccccc1)(c1ccccc1)c1ccc(-c2cccc3oc4c5ccccc5c(-c5ccc(-c6ccc(-c7nc(-c8ccccc8)nc(-c8ccccc8)n7)cc6)cc5)cc4c23)cc1. The molecule has 12 rings (SSSR count). The van der Waals surface area contributed by atoms with Crippen LogP contribution in [0.15, 0.2) is 247 Å². The van der Waals surface area contributed by atoms with Crippen LogP contribution < -0.4 is 15.9 Å². The van der Waals surface area contributed by atoms with Crippen molar-refractivity contribution in [3.63, 3.8) is 0 Å². The Morgan fingerprint density at radius 3 is 1.25 bits per heavy atom. The van der Waals surface area contributed by atoms with Crippen molar-refractivity contribution in [2.45, 2.75) is 0 Å². The molecule has 0 saturated carbocycles. The van der Waals surface area contributed by atoms with Gasteiger partial charge in [0.15, 0.2) is 24.6 Å². The Labute approximate surface area is 388 Å². The summed E-state index contributed by atoms with van der Waals surface area (Å²) in [7, 11) is -3.12. The average Bonchev–Trinajstić information content (AvgIpc) is 3.81. The third-order valence-corrected chi connectivity index (χ3v) is 15.7. The van der Waals surface area contributed by atoms with Crippen molar-refractivity contribution in [1.29, 1.82) is 0 Å². The molecule has 2 aromatic heterocycles. The zero-order valence-electron chi connectivity index (χ0n) is 36.2. The number of benzene rings is 10. The van der Waals surface area contributed by atoms with Crippen LogP contribution in [-0.4, -0.2) is 15.0 Å². The first-order valence-corrected chi connectivity index (χ1v) is 24.1. The van der Waals surface area contributed by atoms with Gasteiger partial charge >= 0.3 is 0 Å². The topological polar surface area (TPSA) is 68.9 Å². The summed E-state index contributed by atoms with van der Waals surface area (Å²) in [5, 5.41) is 6.70. The zero-order valence-corrected chi connectivity index (χ0v) is 37.1. The lowest BCUT2D eigenvalue weighted by atomic mass is 9.92. The Balaban J connectivity index is 0.899. The van der Waals surface area contributed by atoms with E-state index in [1.807, 2.05) is 140 Å². The van der Waals surface area contributed by atoms with Gasteiger partial charge in [-0.2, -0.15) is 0 Å². The number of furan rings is 1. The number of nitrogens with zero attached hydrogens (tertiary/aromatic N) is 3. The molecular formula is C61H40N3O2P. The van der Waals surface area contributed by atoms with Crippen LogP contribution in [-0.2, 0) is 4.57 Å². The molecule has 67 heavy (non-hydrogen) atoms. The molecule has 10 aromatic carbocycles. The van der Waals surface area contributed by atoms with Crippen molar-refractivity contribution >= 4 is 55.8 Å². The van der Waals surface area contributed by atoms with Gasteiger partial charge in [0.05, 0.1) is 0 Å². The second-order valence-corrected chi connectivity index (χ2v) is 19.4. The third kappa shape index (κ3) is 7.23. The van der Waals surface area contributed by atoms with Gasteiger partial charge in [-0.1, -0.05) is 231 Å². The molecule has 0 aliphatic heterocycles. The summed E-state index contributed by atoms with van der Waals surface area (Å²) < 4.78 is 21.9. The van der Waals surface area contributed by atoms with Gasteiger partial charge < -0.3 is 8.98 Å². The van der Waals surface area contributed by atoms with E-state index in [4.69, 9.17) is 19.4 Å². The third-order valence-electron chi connectivity index (χ3n) is 12.7. The Hall–Kier alpha value is -8.50. The molecule has 6 heteroatoms. The average molecular weight is 878 g/mol. The summed E-state index contributed by atoms with van der Waals surface area (Å²) in [4.78, 5) is 14.7. The van der Waals surface area contributed by atoms with Crippen molar-refractivity contribution in [2.75, 3.05) is 0 Å². The molecule has 0 aliphatic rings. The van der Waals surface area contributed by atoms with E-state index in [-0.39, 0.29) is 0 Å². The molecule has 12 aromatic rings. The molecular weight excluding hydrogens is 838 g/mol. The molecule has 0 atom stereocenters. The van der Waals surface area contributed by atoms with Gasteiger partial charge in [0, 0.05) is 48.8 Å². The Morgan fingerprint density at radius 2 is 0.716 bits per heavy atom. The molecule has 0 aliphatic carbocycles. The molecule has 316 valence electrons. The lowest BCUT2D eigenvalue weighted by Gasteiger charge is -2.20.